The van der Waals surface area contributed by atoms with Gasteiger partial charge in [-0.25, -0.2) is 4.39 Å². The van der Waals surface area contributed by atoms with E-state index < -0.39 is 0 Å². The van der Waals surface area contributed by atoms with Crippen LogP contribution in [0.2, 0.25) is 0 Å². The van der Waals surface area contributed by atoms with E-state index in [-0.39, 0.29) is 29.8 Å². The topological polar surface area (TPSA) is 36.4 Å². The number of nitrogens with one attached hydrogen (secondary N) is 2. The molecule has 0 heterocycles. The van der Waals surface area contributed by atoms with Crippen LogP contribution in [-0.2, 0) is 6.54 Å². The molecule has 0 aliphatic rings. The van der Waals surface area contributed by atoms with E-state index in [1.807, 2.05) is 6.07 Å². The molecule has 20 heavy (non-hydrogen) atoms. The molecule has 114 valence electrons. The quantitative estimate of drug-likeness (QED) is 0.321. The van der Waals surface area contributed by atoms with Gasteiger partial charge in [0.05, 0.1) is 0 Å². The number of benzene rings is 1. The van der Waals surface area contributed by atoms with Gasteiger partial charge in [0.2, 0.25) is 0 Å². The predicted octanol–water partition coefficient (Wildman–Crippen LogP) is 3.69. The van der Waals surface area contributed by atoms with Crippen molar-refractivity contribution in [2.75, 3.05) is 13.6 Å². The summed E-state index contributed by atoms with van der Waals surface area (Å²) in [5.41, 5.74) is 0.649. The molecule has 0 unspecified atom stereocenters. The highest BCUT2D eigenvalue weighted by molar-refractivity contribution is 14.0. The maximum Gasteiger partial charge on any atom is 0.191 e. The average Bonchev–Trinajstić information content (AvgIpc) is 2.43. The molecule has 0 saturated heterocycles. The summed E-state index contributed by atoms with van der Waals surface area (Å²) in [4.78, 5) is 4.12. The van der Waals surface area contributed by atoms with Crippen LogP contribution >= 0.6 is 24.0 Å². The van der Waals surface area contributed by atoms with Crippen LogP contribution in [0, 0.1) is 5.82 Å². The smallest absolute Gasteiger partial charge is 0.191 e. The van der Waals surface area contributed by atoms with Gasteiger partial charge in [-0.05, 0) is 12.5 Å². The highest BCUT2D eigenvalue weighted by atomic mass is 127. The molecule has 0 radical (unpaired) electrons. The molecule has 2 N–H and O–H groups in total. The Balaban J connectivity index is 0.00000361. The fourth-order valence-electron chi connectivity index (χ4n) is 1.80. The summed E-state index contributed by atoms with van der Waals surface area (Å²) in [5, 5.41) is 6.35. The molecule has 0 bridgehead atoms. The number of hydrogen-bond acceptors (Lipinski definition) is 1. The summed E-state index contributed by atoms with van der Waals surface area (Å²) in [6, 6.07) is 6.77. The van der Waals surface area contributed by atoms with Gasteiger partial charge in [-0.2, -0.15) is 0 Å². The van der Waals surface area contributed by atoms with Crippen molar-refractivity contribution in [1.29, 1.82) is 0 Å². The first-order valence-electron chi connectivity index (χ1n) is 6.95. The van der Waals surface area contributed by atoms with Crippen LogP contribution in [0.4, 0.5) is 4.39 Å². The van der Waals surface area contributed by atoms with E-state index >= 15 is 0 Å². The molecule has 0 atom stereocenters. The standard InChI is InChI=1S/C15H24FN3.HI/c1-3-4-5-8-11-18-15(17-2)19-12-13-9-6-7-10-14(13)16;/h6-7,9-10H,3-5,8,11-12H2,1-2H3,(H2,17,18,19);1H. The number of nitrogens with zero attached hydrogens (tertiary/aromatic N) is 1. The van der Waals surface area contributed by atoms with Gasteiger partial charge in [-0.3, -0.25) is 4.99 Å². The molecule has 0 spiro atoms. The van der Waals surface area contributed by atoms with Crippen molar-refractivity contribution in [3.8, 4) is 0 Å². The normalized spacial score (nSPS) is 10.8. The fourth-order valence-corrected chi connectivity index (χ4v) is 1.80. The lowest BCUT2D eigenvalue weighted by atomic mass is 10.2. The summed E-state index contributed by atoms with van der Waals surface area (Å²) in [5.74, 6) is 0.535. The molecule has 1 aromatic rings. The maximum atomic E-state index is 13.4. The van der Waals surface area contributed by atoms with Gasteiger partial charge in [0.15, 0.2) is 5.96 Å². The monoisotopic (exact) mass is 393 g/mol. The minimum Gasteiger partial charge on any atom is -0.356 e. The summed E-state index contributed by atoms with van der Waals surface area (Å²) < 4.78 is 13.4. The second kappa shape index (κ2) is 11.9. The summed E-state index contributed by atoms with van der Waals surface area (Å²) >= 11 is 0. The highest BCUT2D eigenvalue weighted by Crippen LogP contribution is 2.05. The molecule has 0 saturated carbocycles. The fraction of sp³-hybridized carbons (Fsp3) is 0.533. The summed E-state index contributed by atoms with van der Waals surface area (Å²) in [6.07, 6.45) is 4.87. The Hall–Kier alpha value is -0.850. The van der Waals surface area contributed by atoms with E-state index in [2.05, 4.69) is 22.5 Å². The van der Waals surface area contributed by atoms with Crippen LogP contribution in [0.3, 0.4) is 0 Å². The molecule has 1 rings (SSSR count). The first-order valence-corrected chi connectivity index (χ1v) is 6.95. The van der Waals surface area contributed by atoms with Crippen molar-refractivity contribution < 1.29 is 4.39 Å². The Morgan fingerprint density at radius 3 is 2.55 bits per heavy atom. The number of aliphatic imine (C=N–C) groups is 1. The van der Waals surface area contributed by atoms with E-state index in [4.69, 9.17) is 0 Å². The van der Waals surface area contributed by atoms with Crippen molar-refractivity contribution in [2.45, 2.75) is 39.2 Å². The molecular formula is C15H25FIN3. The molecular weight excluding hydrogens is 368 g/mol. The Kier molecular flexibility index (Phi) is 11.4. The van der Waals surface area contributed by atoms with Gasteiger partial charge in [0.1, 0.15) is 5.82 Å². The van der Waals surface area contributed by atoms with Gasteiger partial charge in [-0.1, -0.05) is 44.4 Å². The zero-order chi connectivity index (χ0) is 13.9. The zero-order valence-corrected chi connectivity index (χ0v) is 14.6. The van der Waals surface area contributed by atoms with Crippen LogP contribution in [0.25, 0.3) is 0 Å². The average molecular weight is 393 g/mol. The highest BCUT2D eigenvalue weighted by Gasteiger charge is 2.02. The molecule has 0 aromatic heterocycles. The largest absolute Gasteiger partial charge is 0.356 e. The Labute approximate surface area is 138 Å². The number of rotatable bonds is 7. The lowest BCUT2D eigenvalue weighted by molar-refractivity contribution is 0.603. The first kappa shape index (κ1) is 19.1. The number of hydrogen-bond donors (Lipinski definition) is 2. The molecule has 1 aromatic carbocycles. The first-order chi connectivity index (χ1) is 9.27. The van der Waals surface area contributed by atoms with Gasteiger partial charge >= 0.3 is 0 Å². The molecule has 3 nitrogen and oxygen atoms in total. The SMILES string of the molecule is CCCCCCNC(=NC)NCc1ccccc1F.I. The van der Waals surface area contributed by atoms with E-state index in [0.717, 1.165) is 18.9 Å². The summed E-state index contributed by atoms with van der Waals surface area (Å²) in [6.45, 7) is 3.54. The molecule has 0 aliphatic carbocycles. The van der Waals surface area contributed by atoms with Crippen LogP contribution < -0.4 is 10.6 Å². The van der Waals surface area contributed by atoms with Crippen molar-refractivity contribution in [1.82, 2.24) is 10.6 Å². The van der Waals surface area contributed by atoms with Gasteiger partial charge in [-0.15, -0.1) is 24.0 Å². The zero-order valence-electron chi connectivity index (χ0n) is 12.3. The van der Waals surface area contributed by atoms with Crippen molar-refractivity contribution in [2.24, 2.45) is 4.99 Å². The third-order valence-corrected chi connectivity index (χ3v) is 2.95. The second-order valence-corrected chi connectivity index (χ2v) is 4.50. The Morgan fingerprint density at radius 1 is 1.15 bits per heavy atom. The molecule has 0 aliphatic heterocycles. The summed E-state index contributed by atoms with van der Waals surface area (Å²) in [7, 11) is 1.72. The predicted molar refractivity (Wildman–Crippen MR) is 94.2 cm³/mol. The third kappa shape index (κ3) is 7.67. The van der Waals surface area contributed by atoms with Crippen LogP contribution in [0.15, 0.2) is 29.3 Å². The lowest BCUT2D eigenvalue weighted by Crippen LogP contribution is -2.37. The Bertz CT molecular complexity index is 396. The van der Waals surface area contributed by atoms with Gasteiger partial charge in [0.25, 0.3) is 0 Å². The Morgan fingerprint density at radius 2 is 1.90 bits per heavy atom. The third-order valence-electron chi connectivity index (χ3n) is 2.95. The van der Waals surface area contributed by atoms with Crippen molar-refractivity contribution in [3.05, 3.63) is 35.6 Å². The molecule has 0 amide bonds. The van der Waals surface area contributed by atoms with E-state index in [1.165, 1.54) is 25.3 Å². The maximum absolute atomic E-state index is 13.4. The van der Waals surface area contributed by atoms with Crippen LogP contribution in [0.1, 0.15) is 38.2 Å². The van der Waals surface area contributed by atoms with E-state index in [0.29, 0.717) is 12.1 Å². The van der Waals surface area contributed by atoms with Crippen molar-refractivity contribution in [3.63, 3.8) is 0 Å². The molecule has 5 heteroatoms. The van der Waals surface area contributed by atoms with Crippen LogP contribution in [0.5, 0.6) is 0 Å². The number of unbranched alkanes of at least 4 members (excludes halogenated alkanes) is 3. The van der Waals surface area contributed by atoms with Crippen molar-refractivity contribution >= 4 is 29.9 Å². The van der Waals surface area contributed by atoms with Gasteiger partial charge < -0.3 is 10.6 Å². The van der Waals surface area contributed by atoms with Gasteiger partial charge in [0, 0.05) is 25.7 Å². The van der Waals surface area contributed by atoms with Crippen LogP contribution in [-0.4, -0.2) is 19.6 Å². The lowest BCUT2D eigenvalue weighted by Gasteiger charge is -2.12. The number of halogens is 2. The van der Waals surface area contributed by atoms with E-state index in [1.54, 1.807) is 19.2 Å². The minimum absolute atomic E-state index is 0. The minimum atomic E-state index is -0.187. The second-order valence-electron chi connectivity index (χ2n) is 4.50. The van der Waals surface area contributed by atoms with E-state index in [9.17, 15) is 4.39 Å². The number of guanidine groups is 1. The molecule has 0 fully saturated rings.